The zero-order valence-electron chi connectivity index (χ0n) is 9.14. The van der Waals surface area contributed by atoms with Crippen molar-refractivity contribution < 1.29 is 4.74 Å². The molecule has 0 saturated heterocycles. The van der Waals surface area contributed by atoms with Crippen molar-refractivity contribution in [3.63, 3.8) is 0 Å². The highest BCUT2D eigenvalue weighted by Gasteiger charge is 2.22. The lowest BCUT2D eigenvalue weighted by molar-refractivity contribution is 0.252. The van der Waals surface area contributed by atoms with Gasteiger partial charge in [-0.2, -0.15) is 0 Å². The van der Waals surface area contributed by atoms with E-state index in [4.69, 9.17) is 16.3 Å². The second kappa shape index (κ2) is 4.42. The van der Waals surface area contributed by atoms with Crippen LogP contribution in [0.2, 0.25) is 5.02 Å². The van der Waals surface area contributed by atoms with Crippen LogP contribution in [-0.2, 0) is 12.8 Å². The summed E-state index contributed by atoms with van der Waals surface area (Å²) in [4.78, 5) is 0. The number of hydrogen-bond donors (Lipinski definition) is 1. The van der Waals surface area contributed by atoms with E-state index in [9.17, 15) is 0 Å². The van der Waals surface area contributed by atoms with E-state index in [0.717, 1.165) is 30.2 Å². The summed E-state index contributed by atoms with van der Waals surface area (Å²) in [5, 5.41) is 3.96. The van der Waals surface area contributed by atoms with Gasteiger partial charge < -0.3 is 10.1 Å². The Morgan fingerprint density at radius 3 is 3.07 bits per heavy atom. The molecule has 0 aliphatic carbocycles. The summed E-state index contributed by atoms with van der Waals surface area (Å²) < 4.78 is 5.80. The fourth-order valence-electron chi connectivity index (χ4n) is 2.01. The van der Waals surface area contributed by atoms with E-state index in [1.165, 1.54) is 11.1 Å². The molecule has 0 saturated carbocycles. The second-order valence-corrected chi connectivity index (χ2v) is 4.48. The molecule has 1 aliphatic rings. The summed E-state index contributed by atoms with van der Waals surface area (Å²) >= 11 is 6.08. The Bertz CT molecular complexity index is 365. The highest BCUT2D eigenvalue weighted by atomic mass is 35.5. The van der Waals surface area contributed by atoms with Crippen LogP contribution in [0.3, 0.4) is 0 Å². The minimum Gasteiger partial charge on any atom is -0.490 e. The van der Waals surface area contributed by atoms with Gasteiger partial charge >= 0.3 is 0 Å². The Hall–Kier alpha value is -0.730. The lowest BCUT2D eigenvalue weighted by Gasteiger charge is -2.09. The summed E-state index contributed by atoms with van der Waals surface area (Å²) in [7, 11) is 1.95. The van der Waals surface area contributed by atoms with Gasteiger partial charge in [0.05, 0.1) is 0 Å². The fraction of sp³-hybridized carbons (Fsp3) is 0.500. The van der Waals surface area contributed by atoms with Crippen molar-refractivity contribution in [2.45, 2.75) is 25.9 Å². The fourth-order valence-corrected chi connectivity index (χ4v) is 2.28. The number of nitrogens with one attached hydrogen (secondary N) is 1. The van der Waals surface area contributed by atoms with Crippen molar-refractivity contribution in [3.05, 3.63) is 28.3 Å². The first kappa shape index (κ1) is 10.8. The molecule has 0 amide bonds. The maximum Gasteiger partial charge on any atom is 0.126 e. The minimum absolute atomic E-state index is 0.284. The van der Waals surface area contributed by atoms with Crippen LogP contribution in [0.1, 0.15) is 18.1 Å². The number of rotatable bonds is 3. The maximum atomic E-state index is 6.08. The van der Waals surface area contributed by atoms with E-state index >= 15 is 0 Å². The predicted molar refractivity (Wildman–Crippen MR) is 62.9 cm³/mol. The van der Waals surface area contributed by atoms with Crippen LogP contribution in [0.5, 0.6) is 5.75 Å². The number of likely N-dealkylation sites (N-methyl/N-ethyl adjacent to an activating group) is 1. The number of halogens is 1. The Labute approximate surface area is 95.6 Å². The third-order valence-electron chi connectivity index (χ3n) is 2.68. The Morgan fingerprint density at radius 2 is 2.33 bits per heavy atom. The van der Waals surface area contributed by atoms with Crippen molar-refractivity contribution in [3.8, 4) is 5.75 Å². The molecule has 82 valence electrons. The molecule has 1 N–H and O–H groups in total. The average molecular weight is 226 g/mol. The Morgan fingerprint density at radius 1 is 1.53 bits per heavy atom. The quantitative estimate of drug-likeness (QED) is 0.853. The molecule has 2 rings (SSSR count). The molecule has 3 heteroatoms. The summed E-state index contributed by atoms with van der Waals surface area (Å²) in [6.07, 6.45) is 2.22. The third-order valence-corrected chi connectivity index (χ3v) is 2.90. The van der Waals surface area contributed by atoms with Gasteiger partial charge in [-0.25, -0.2) is 0 Å². The van der Waals surface area contributed by atoms with E-state index in [1.807, 2.05) is 19.2 Å². The van der Waals surface area contributed by atoms with Crippen molar-refractivity contribution in [2.75, 3.05) is 13.6 Å². The number of benzene rings is 1. The topological polar surface area (TPSA) is 21.3 Å². The SMILES string of the molecule is CNCCc1cc(Cl)cc2c1OC(C)C2. The molecule has 1 aliphatic heterocycles. The van der Waals surface area contributed by atoms with Gasteiger partial charge in [0.15, 0.2) is 0 Å². The molecule has 0 spiro atoms. The highest BCUT2D eigenvalue weighted by molar-refractivity contribution is 6.30. The maximum absolute atomic E-state index is 6.08. The van der Waals surface area contributed by atoms with Gasteiger partial charge in [-0.05, 0) is 50.2 Å². The van der Waals surface area contributed by atoms with Gasteiger partial charge in [-0.3, -0.25) is 0 Å². The molecule has 0 bridgehead atoms. The van der Waals surface area contributed by atoms with Crippen LogP contribution < -0.4 is 10.1 Å². The molecule has 2 nitrogen and oxygen atoms in total. The molecule has 0 aromatic heterocycles. The summed E-state index contributed by atoms with van der Waals surface area (Å²) in [5.41, 5.74) is 2.47. The van der Waals surface area contributed by atoms with Gasteiger partial charge in [-0.15, -0.1) is 0 Å². The van der Waals surface area contributed by atoms with Gasteiger partial charge in [-0.1, -0.05) is 11.6 Å². The van der Waals surface area contributed by atoms with Crippen LogP contribution in [0.4, 0.5) is 0 Å². The average Bonchev–Trinajstić information content (AvgIpc) is 2.54. The van der Waals surface area contributed by atoms with Crippen LogP contribution in [0.25, 0.3) is 0 Å². The molecular weight excluding hydrogens is 210 g/mol. The third kappa shape index (κ3) is 2.27. The summed E-state index contributed by atoms with van der Waals surface area (Å²) in [6, 6.07) is 4.03. The summed E-state index contributed by atoms with van der Waals surface area (Å²) in [6.45, 7) is 3.04. The number of hydrogen-bond acceptors (Lipinski definition) is 2. The van der Waals surface area contributed by atoms with Crippen molar-refractivity contribution in [2.24, 2.45) is 0 Å². The van der Waals surface area contributed by atoms with E-state index < -0.39 is 0 Å². The Balaban J connectivity index is 2.30. The normalized spacial score (nSPS) is 18.7. The number of fused-ring (bicyclic) bond motifs is 1. The van der Waals surface area contributed by atoms with Gasteiger partial charge in [0, 0.05) is 11.4 Å². The molecule has 1 atom stereocenters. The zero-order chi connectivity index (χ0) is 10.8. The van der Waals surface area contributed by atoms with Crippen LogP contribution in [0.15, 0.2) is 12.1 Å². The van der Waals surface area contributed by atoms with E-state index in [2.05, 4.69) is 12.2 Å². The zero-order valence-corrected chi connectivity index (χ0v) is 9.90. The van der Waals surface area contributed by atoms with Gasteiger partial charge in [0.2, 0.25) is 0 Å². The molecule has 0 radical (unpaired) electrons. The van der Waals surface area contributed by atoms with Crippen molar-refractivity contribution in [1.29, 1.82) is 0 Å². The summed E-state index contributed by atoms with van der Waals surface area (Å²) in [5.74, 6) is 1.06. The lowest BCUT2D eigenvalue weighted by Crippen LogP contribution is -2.11. The Kier molecular flexibility index (Phi) is 3.17. The van der Waals surface area contributed by atoms with Crippen LogP contribution in [0, 0.1) is 0 Å². The molecule has 0 fully saturated rings. The molecule has 15 heavy (non-hydrogen) atoms. The molecule has 1 aromatic carbocycles. The molecule has 1 aromatic rings. The standard InChI is InChI=1S/C12H16ClNO/c1-8-5-10-7-11(13)6-9(3-4-14-2)12(10)15-8/h6-8,14H,3-5H2,1-2H3. The van der Waals surface area contributed by atoms with E-state index in [1.54, 1.807) is 0 Å². The van der Waals surface area contributed by atoms with E-state index in [0.29, 0.717) is 0 Å². The molecular formula is C12H16ClNO. The highest BCUT2D eigenvalue weighted by Crippen LogP contribution is 2.35. The largest absolute Gasteiger partial charge is 0.490 e. The first-order chi connectivity index (χ1) is 7.20. The van der Waals surface area contributed by atoms with Crippen LogP contribution >= 0.6 is 11.6 Å². The van der Waals surface area contributed by atoms with Gasteiger partial charge in [0.1, 0.15) is 11.9 Å². The smallest absolute Gasteiger partial charge is 0.126 e. The van der Waals surface area contributed by atoms with Crippen LogP contribution in [-0.4, -0.2) is 19.7 Å². The van der Waals surface area contributed by atoms with Gasteiger partial charge in [0.25, 0.3) is 0 Å². The second-order valence-electron chi connectivity index (χ2n) is 4.04. The molecule has 1 heterocycles. The van der Waals surface area contributed by atoms with Crippen molar-refractivity contribution in [1.82, 2.24) is 5.32 Å². The first-order valence-corrected chi connectivity index (χ1v) is 5.71. The van der Waals surface area contributed by atoms with E-state index in [-0.39, 0.29) is 6.10 Å². The number of ether oxygens (including phenoxy) is 1. The molecule has 1 unspecified atom stereocenters. The minimum atomic E-state index is 0.284. The lowest BCUT2D eigenvalue weighted by atomic mass is 10.0. The predicted octanol–water partition coefficient (Wildman–Crippen LogP) is 2.43. The first-order valence-electron chi connectivity index (χ1n) is 5.33. The monoisotopic (exact) mass is 225 g/mol. The van der Waals surface area contributed by atoms with Crippen molar-refractivity contribution >= 4 is 11.6 Å².